The molecule has 0 spiro atoms. The number of rotatable bonds is 17. The molecule has 0 N–H and O–H groups in total. The second-order valence-corrected chi connectivity index (χ2v) is 38.3. The van der Waals surface area contributed by atoms with Crippen molar-refractivity contribution >= 4 is 94.5 Å². The van der Waals surface area contributed by atoms with Gasteiger partial charge in [-0.25, -0.2) is 29.9 Å². The van der Waals surface area contributed by atoms with Gasteiger partial charge in [-0.3, -0.25) is 0 Å². The molecule has 0 radical (unpaired) electrons. The summed E-state index contributed by atoms with van der Waals surface area (Å²) in [5.41, 5.74) is 33.7. The van der Waals surface area contributed by atoms with E-state index >= 15 is 0 Å². The Balaban J connectivity index is 0.000000115. The highest BCUT2D eigenvalue weighted by Crippen LogP contribution is 2.47. The van der Waals surface area contributed by atoms with Crippen molar-refractivity contribution in [3.63, 3.8) is 0 Å². The van der Waals surface area contributed by atoms with E-state index in [1.54, 1.807) is 0 Å². The molecule has 26 rings (SSSR count). The van der Waals surface area contributed by atoms with Gasteiger partial charge in [0, 0.05) is 111 Å². The Kier molecular flexibility index (Phi) is 23.7. The smallest absolute Gasteiger partial charge is 0.160 e. The molecule has 0 amide bonds. The molecule has 20 aromatic carbocycles. The van der Waals surface area contributed by atoms with E-state index in [-0.39, 0.29) is 0 Å². The van der Waals surface area contributed by atoms with E-state index in [1.165, 1.54) is 138 Å². The Labute approximate surface area is 830 Å². The van der Waals surface area contributed by atoms with Gasteiger partial charge in [-0.15, -0.1) is 34.0 Å². The molecule has 0 unspecified atom stereocenters. The van der Waals surface area contributed by atoms with Crippen LogP contribution < -0.4 is 0 Å². The van der Waals surface area contributed by atoms with Gasteiger partial charge in [-0.05, 0) is 174 Å². The zero-order valence-electron chi connectivity index (χ0n) is 76.6. The van der Waals surface area contributed by atoms with Crippen LogP contribution in [0.5, 0.6) is 0 Å². The Morgan fingerprint density at radius 1 is 0.113 bits per heavy atom. The first-order chi connectivity index (χ1) is 69.8. The molecular weight excluding hydrogens is 1770 g/mol. The quantitative estimate of drug-likeness (QED) is 0.0904. The molecule has 0 aliphatic heterocycles. The first-order valence-electron chi connectivity index (χ1n) is 47.4. The van der Waals surface area contributed by atoms with Crippen LogP contribution in [0.4, 0.5) is 0 Å². The minimum atomic E-state index is 0.703. The van der Waals surface area contributed by atoms with Gasteiger partial charge in [-0.2, -0.15) is 0 Å². The van der Waals surface area contributed by atoms with Crippen LogP contribution in [0.1, 0.15) is 0 Å². The van der Waals surface area contributed by atoms with Crippen molar-refractivity contribution in [1.82, 2.24) is 29.9 Å². The average Bonchev–Trinajstić information content (AvgIpc) is 1.62. The lowest BCUT2D eigenvalue weighted by atomic mass is 9.96. The van der Waals surface area contributed by atoms with Crippen molar-refractivity contribution in [3.05, 3.63) is 522 Å². The Hall–Kier alpha value is -17.7. The molecule has 0 bridgehead atoms. The zero-order valence-corrected chi connectivity index (χ0v) is 79.0. The van der Waals surface area contributed by atoms with Crippen molar-refractivity contribution in [2.75, 3.05) is 0 Å². The first-order valence-corrected chi connectivity index (χ1v) is 49.8. The Bertz CT molecular complexity index is 8960. The highest BCUT2D eigenvalue weighted by atomic mass is 32.1. The summed E-state index contributed by atoms with van der Waals surface area (Å²) in [6, 6.07) is 184. The molecule has 6 nitrogen and oxygen atoms in total. The van der Waals surface area contributed by atoms with Crippen LogP contribution in [-0.4, -0.2) is 29.9 Å². The van der Waals surface area contributed by atoms with Gasteiger partial charge in [0.25, 0.3) is 0 Å². The highest BCUT2D eigenvalue weighted by Gasteiger charge is 2.22. The molecule has 26 aromatic rings. The summed E-state index contributed by atoms with van der Waals surface area (Å²) >= 11 is 5.55. The van der Waals surface area contributed by atoms with Gasteiger partial charge in [0.15, 0.2) is 17.5 Å². The summed E-state index contributed by atoms with van der Waals surface area (Å²) in [6.07, 6.45) is 0. The maximum Gasteiger partial charge on any atom is 0.160 e. The van der Waals surface area contributed by atoms with Gasteiger partial charge in [0.2, 0.25) is 0 Å². The van der Waals surface area contributed by atoms with Gasteiger partial charge in [0.1, 0.15) is 0 Å². The number of nitrogens with zero attached hydrogens (tertiary/aromatic N) is 6. The zero-order chi connectivity index (χ0) is 93.7. The summed E-state index contributed by atoms with van der Waals surface area (Å²) < 4.78 is 7.83. The molecule has 0 saturated heterocycles. The van der Waals surface area contributed by atoms with Gasteiger partial charge in [0.05, 0.1) is 34.2 Å². The third-order valence-corrected chi connectivity index (χ3v) is 29.6. The minimum Gasteiger partial charge on any atom is -0.228 e. The van der Waals surface area contributed by atoms with Crippen LogP contribution in [-0.2, 0) is 0 Å². The molecule has 0 aliphatic rings. The number of benzene rings is 20. The van der Waals surface area contributed by atoms with Gasteiger partial charge < -0.3 is 0 Å². The summed E-state index contributed by atoms with van der Waals surface area (Å²) in [4.78, 5) is 30.9. The van der Waals surface area contributed by atoms with Crippen LogP contribution >= 0.6 is 34.0 Å². The van der Waals surface area contributed by atoms with E-state index in [4.69, 9.17) is 29.9 Å². The van der Waals surface area contributed by atoms with Crippen LogP contribution in [0.15, 0.2) is 522 Å². The molecule has 0 aliphatic carbocycles. The lowest BCUT2D eigenvalue weighted by Crippen LogP contribution is -1.96. The SMILES string of the molecule is c1ccc(-c2ccc(-c3cc(-c4cccc(-c5cccc6sc7ccccc7c56)c4)nc(-c4ccc(-c5ccccc5)cc4)n3)cc2)cc1.c1ccc(-c2ccc(-c3cc(-c4cccc(-c5cccc6sc7ccccc7c56)c4)nc(-c4cccc(-c5ccccc5)c4)n3)cc2)cc1.c1ccc(-c2cccc(-c3cc(-c4cccc(-c5cccc6sc7ccccc7c56)c4)nc(-c4ccccc4)n3)c2)cc1. The lowest BCUT2D eigenvalue weighted by Gasteiger charge is -2.12. The van der Waals surface area contributed by atoms with Crippen LogP contribution in [0.3, 0.4) is 0 Å². The van der Waals surface area contributed by atoms with E-state index < -0.39 is 0 Å². The number of aromatic nitrogens is 6. The fourth-order valence-corrected chi connectivity index (χ4v) is 22.5. The van der Waals surface area contributed by atoms with Crippen molar-refractivity contribution in [2.24, 2.45) is 0 Å². The molecule has 662 valence electrons. The van der Waals surface area contributed by atoms with E-state index in [1.807, 2.05) is 82.5 Å². The molecule has 6 heterocycles. The lowest BCUT2D eigenvalue weighted by molar-refractivity contribution is 1.18. The van der Waals surface area contributed by atoms with E-state index in [0.29, 0.717) is 11.6 Å². The normalized spacial score (nSPS) is 11.3. The van der Waals surface area contributed by atoms with Crippen molar-refractivity contribution in [1.29, 1.82) is 0 Å². The molecule has 0 fully saturated rings. The fraction of sp³-hybridized carbons (Fsp3) is 0. The average molecular weight is 1850 g/mol. The standard InChI is InChI=1S/2C46H30N2S.C40H26N2S/c1-3-12-31(13-4-1)33-24-26-34(27-25-33)41-30-42(48-46(47-41)38-19-9-16-35(28-38)32-14-5-2-6-15-32)37-18-10-17-36(29-37)39-21-11-23-44-45(39)40-20-7-8-22-43(40)49-44;1-3-11-31(12-4-1)33-21-25-35(26-22-33)41-30-42(48-46(47-41)36-27-23-34(24-28-36)32-13-5-2-6-14-32)38-16-9-15-37(29-38)39-18-10-20-44-45(39)40-17-7-8-19-43(40)49-44;1-3-12-27(13-4-1)29-16-9-18-31(24-29)35-26-36(42-40(41-35)28-14-5-2-6-15-28)32-19-10-17-30(25-32)33-21-11-23-38-39(33)34-20-7-8-22-37(34)43-38/h2*1-30H;1-26H. The minimum absolute atomic E-state index is 0.703. The van der Waals surface area contributed by atoms with Crippen molar-refractivity contribution in [2.45, 2.75) is 0 Å². The van der Waals surface area contributed by atoms with Crippen LogP contribution in [0.25, 0.3) is 251 Å². The number of fused-ring (bicyclic) bond motifs is 9. The Morgan fingerprint density at radius 2 is 0.298 bits per heavy atom. The summed E-state index contributed by atoms with van der Waals surface area (Å²) in [6.45, 7) is 0. The molecule has 6 aromatic heterocycles. The van der Waals surface area contributed by atoms with E-state index in [9.17, 15) is 0 Å². The van der Waals surface area contributed by atoms with Crippen molar-refractivity contribution < 1.29 is 0 Å². The summed E-state index contributed by atoms with van der Waals surface area (Å²) in [5.74, 6) is 2.12. The first kappa shape index (κ1) is 86.2. The predicted molar refractivity (Wildman–Crippen MR) is 597 cm³/mol. The van der Waals surface area contributed by atoms with E-state index in [2.05, 4.69) is 473 Å². The second-order valence-electron chi connectivity index (χ2n) is 35.0. The molecule has 141 heavy (non-hydrogen) atoms. The Morgan fingerprint density at radius 3 is 0.610 bits per heavy atom. The largest absolute Gasteiger partial charge is 0.228 e. The molecular formula is C132H86N6S3. The van der Waals surface area contributed by atoms with Crippen LogP contribution in [0.2, 0.25) is 0 Å². The summed E-state index contributed by atoms with van der Waals surface area (Å²) in [5, 5.41) is 7.83. The third-order valence-electron chi connectivity index (χ3n) is 26.1. The number of thiophene rings is 3. The molecule has 0 saturated carbocycles. The third kappa shape index (κ3) is 18.0. The number of hydrogen-bond donors (Lipinski definition) is 0. The fourth-order valence-electron chi connectivity index (χ4n) is 19.1. The van der Waals surface area contributed by atoms with Gasteiger partial charge in [-0.1, -0.05) is 437 Å². The van der Waals surface area contributed by atoms with Crippen LogP contribution in [0, 0.1) is 0 Å². The van der Waals surface area contributed by atoms with Crippen molar-refractivity contribution in [3.8, 4) is 191 Å². The van der Waals surface area contributed by atoms with Gasteiger partial charge >= 0.3 is 0 Å². The highest BCUT2D eigenvalue weighted by molar-refractivity contribution is 7.26. The maximum atomic E-state index is 5.23. The van der Waals surface area contributed by atoms with E-state index in [0.717, 1.165) is 101 Å². The maximum absolute atomic E-state index is 5.23. The monoisotopic (exact) mass is 1850 g/mol. The topological polar surface area (TPSA) is 77.3 Å². The number of hydrogen-bond acceptors (Lipinski definition) is 9. The second kappa shape index (κ2) is 38.8. The molecule has 9 heteroatoms. The predicted octanol–water partition coefficient (Wildman–Crippen LogP) is 36.9. The summed E-state index contributed by atoms with van der Waals surface area (Å²) in [7, 11) is 0. The molecule has 0 atom stereocenters.